The molecule has 0 saturated carbocycles. The van der Waals surface area contributed by atoms with Gasteiger partial charge < -0.3 is 14.3 Å². The van der Waals surface area contributed by atoms with Crippen LogP contribution >= 0.6 is 0 Å². The zero-order valence-corrected chi connectivity index (χ0v) is 5.57. The zero-order chi connectivity index (χ0) is 7.98. The van der Waals surface area contributed by atoms with Crippen molar-refractivity contribution in [2.24, 2.45) is 5.92 Å². The average molecular weight is 144 g/mol. The summed E-state index contributed by atoms with van der Waals surface area (Å²) in [5.41, 5.74) is 0. The molecule has 0 radical (unpaired) electrons. The number of methoxy groups -OCH3 is 1. The van der Waals surface area contributed by atoms with Gasteiger partial charge in [-0.2, -0.15) is 0 Å². The zero-order valence-electron chi connectivity index (χ0n) is 5.57. The largest absolute Gasteiger partial charge is 0.469 e. The van der Waals surface area contributed by atoms with Gasteiger partial charge in [-0.25, -0.2) is 0 Å². The fourth-order valence-electron chi connectivity index (χ4n) is 0.404. The lowest BCUT2D eigenvalue weighted by atomic mass is 10.1. The molecule has 0 aromatic heterocycles. The monoisotopic (exact) mass is 144 g/mol. The normalized spacial score (nSPS) is 9.00. The van der Waals surface area contributed by atoms with Crippen molar-refractivity contribution in [2.75, 3.05) is 7.11 Å². The molecule has 0 aromatic carbocycles. The van der Waals surface area contributed by atoms with Gasteiger partial charge in [-0.05, 0) is 0 Å². The highest BCUT2D eigenvalue weighted by Gasteiger charge is 2.10. The summed E-state index contributed by atoms with van der Waals surface area (Å²) in [6, 6.07) is 0. The molecule has 0 atom stereocenters. The van der Waals surface area contributed by atoms with E-state index in [1.54, 1.807) is 0 Å². The summed E-state index contributed by atoms with van der Waals surface area (Å²) in [6.07, 6.45) is 0.678. The third kappa shape index (κ3) is 2.96. The van der Waals surface area contributed by atoms with E-state index in [1.165, 1.54) is 7.11 Å². The van der Waals surface area contributed by atoms with Crippen molar-refractivity contribution in [1.29, 1.82) is 0 Å². The minimum absolute atomic E-state index is 0.163. The Labute approximate surface area is 58.2 Å². The molecule has 0 bridgehead atoms. The number of rotatable bonds is 4. The number of esters is 1. The Hall–Kier alpha value is -1.19. The summed E-state index contributed by atoms with van der Waals surface area (Å²) in [5, 5.41) is 0. The Morgan fingerprint density at radius 2 is 2.00 bits per heavy atom. The second-order valence-corrected chi connectivity index (χ2v) is 1.72. The number of carbonyl (C=O) groups is 3. The van der Waals surface area contributed by atoms with Gasteiger partial charge in [0.2, 0.25) is 0 Å². The average Bonchev–Trinajstić information content (AvgIpc) is 1.99. The number of hydrogen-bond acceptors (Lipinski definition) is 4. The maximum atomic E-state index is 10.4. The summed E-state index contributed by atoms with van der Waals surface area (Å²) in [6.45, 7) is 0. The maximum absolute atomic E-state index is 10.4. The Morgan fingerprint density at radius 3 is 2.30 bits per heavy atom. The van der Waals surface area contributed by atoms with E-state index >= 15 is 0 Å². The lowest BCUT2D eigenvalue weighted by molar-refractivity contribution is -0.143. The summed E-state index contributed by atoms with van der Waals surface area (Å²) in [7, 11) is 1.20. The molecule has 0 aliphatic carbocycles. The van der Waals surface area contributed by atoms with E-state index in [4.69, 9.17) is 0 Å². The van der Waals surface area contributed by atoms with Crippen LogP contribution in [0.25, 0.3) is 0 Å². The first-order valence-corrected chi connectivity index (χ1v) is 2.72. The van der Waals surface area contributed by atoms with Crippen molar-refractivity contribution in [2.45, 2.75) is 6.42 Å². The van der Waals surface area contributed by atoms with Crippen molar-refractivity contribution < 1.29 is 19.1 Å². The van der Waals surface area contributed by atoms with E-state index in [1.807, 2.05) is 0 Å². The quantitative estimate of drug-likeness (QED) is 0.305. The second kappa shape index (κ2) is 4.67. The first kappa shape index (κ1) is 8.81. The van der Waals surface area contributed by atoms with E-state index in [2.05, 4.69) is 4.74 Å². The van der Waals surface area contributed by atoms with Gasteiger partial charge in [0.15, 0.2) is 0 Å². The van der Waals surface area contributed by atoms with Crippen LogP contribution in [0, 0.1) is 5.92 Å². The van der Waals surface area contributed by atoms with Crippen LogP contribution in [0.15, 0.2) is 0 Å². The van der Waals surface area contributed by atoms with Gasteiger partial charge >= 0.3 is 5.97 Å². The predicted molar refractivity (Wildman–Crippen MR) is 32.3 cm³/mol. The highest BCUT2D eigenvalue weighted by Crippen LogP contribution is 1.95. The topological polar surface area (TPSA) is 60.4 Å². The Balaban J connectivity index is 3.73. The molecule has 0 aliphatic heterocycles. The molecule has 0 unspecified atom stereocenters. The van der Waals surface area contributed by atoms with Crippen LogP contribution < -0.4 is 0 Å². The Bertz CT molecular complexity index is 133. The molecule has 0 rings (SSSR count). The molecule has 0 amide bonds. The molecule has 10 heavy (non-hydrogen) atoms. The van der Waals surface area contributed by atoms with Gasteiger partial charge in [0.25, 0.3) is 0 Å². The number of ether oxygens (including phenoxy) is 1. The lowest BCUT2D eigenvalue weighted by Gasteiger charge is -1.98. The minimum atomic E-state index is -0.854. The highest BCUT2D eigenvalue weighted by molar-refractivity contribution is 5.84. The maximum Gasteiger partial charge on any atom is 0.306 e. The van der Waals surface area contributed by atoms with E-state index in [0.29, 0.717) is 12.6 Å². The van der Waals surface area contributed by atoms with Crippen LogP contribution in [0.2, 0.25) is 0 Å². The highest BCUT2D eigenvalue weighted by atomic mass is 16.5. The Kier molecular flexibility index (Phi) is 4.11. The molecule has 0 N–H and O–H groups in total. The van der Waals surface area contributed by atoms with E-state index in [-0.39, 0.29) is 6.42 Å². The summed E-state index contributed by atoms with van der Waals surface area (Å²) in [4.78, 5) is 30.3. The summed E-state index contributed by atoms with van der Waals surface area (Å²) >= 11 is 0. The van der Waals surface area contributed by atoms with Crippen LogP contribution in [0.4, 0.5) is 0 Å². The van der Waals surface area contributed by atoms with Gasteiger partial charge in [0.1, 0.15) is 12.6 Å². The fraction of sp³-hybridized carbons (Fsp3) is 0.500. The molecular formula is C6H8O4. The molecule has 0 spiro atoms. The SMILES string of the molecule is COC(=O)CC(C=O)C=O. The van der Waals surface area contributed by atoms with Gasteiger partial charge in [-0.1, -0.05) is 0 Å². The van der Waals surface area contributed by atoms with E-state index < -0.39 is 11.9 Å². The summed E-state index contributed by atoms with van der Waals surface area (Å²) in [5.74, 6) is -1.41. The van der Waals surface area contributed by atoms with Crippen molar-refractivity contribution in [3.63, 3.8) is 0 Å². The first-order valence-electron chi connectivity index (χ1n) is 2.72. The molecule has 0 fully saturated rings. The standard InChI is InChI=1S/C6H8O4/c1-10-6(9)2-5(3-7)4-8/h3-5H,2H2,1H3. The van der Waals surface area contributed by atoms with Gasteiger partial charge in [0.05, 0.1) is 19.4 Å². The molecule has 4 nitrogen and oxygen atoms in total. The lowest BCUT2D eigenvalue weighted by Crippen LogP contribution is -2.11. The van der Waals surface area contributed by atoms with Crippen molar-refractivity contribution in [3.8, 4) is 0 Å². The van der Waals surface area contributed by atoms with Crippen molar-refractivity contribution in [1.82, 2.24) is 0 Å². The number of hydrogen-bond donors (Lipinski definition) is 0. The second-order valence-electron chi connectivity index (χ2n) is 1.72. The predicted octanol–water partition coefficient (Wildman–Crippen LogP) is -0.437. The van der Waals surface area contributed by atoms with Gasteiger partial charge in [-0.3, -0.25) is 4.79 Å². The van der Waals surface area contributed by atoms with Crippen LogP contribution in [-0.4, -0.2) is 25.7 Å². The van der Waals surface area contributed by atoms with Crippen LogP contribution in [0.1, 0.15) is 6.42 Å². The fourth-order valence-corrected chi connectivity index (χ4v) is 0.404. The number of aldehydes is 2. The van der Waals surface area contributed by atoms with E-state index in [0.717, 1.165) is 0 Å². The number of carbonyl (C=O) groups excluding carboxylic acids is 3. The molecule has 4 heteroatoms. The van der Waals surface area contributed by atoms with Crippen molar-refractivity contribution in [3.05, 3.63) is 0 Å². The summed E-state index contributed by atoms with van der Waals surface area (Å²) < 4.78 is 4.23. The molecule has 0 aliphatic rings. The molecule has 0 saturated heterocycles. The molecular weight excluding hydrogens is 136 g/mol. The third-order valence-electron chi connectivity index (χ3n) is 0.980. The molecule has 56 valence electrons. The Morgan fingerprint density at radius 1 is 1.50 bits per heavy atom. The molecule has 0 aromatic rings. The third-order valence-corrected chi connectivity index (χ3v) is 0.980. The minimum Gasteiger partial charge on any atom is -0.469 e. The van der Waals surface area contributed by atoms with Crippen molar-refractivity contribution >= 4 is 18.5 Å². The smallest absolute Gasteiger partial charge is 0.306 e. The van der Waals surface area contributed by atoms with Gasteiger partial charge in [0, 0.05) is 0 Å². The van der Waals surface area contributed by atoms with Crippen LogP contribution in [-0.2, 0) is 19.1 Å². The van der Waals surface area contributed by atoms with Crippen LogP contribution in [0.5, 0.6) is 0 Å². The van der Waals surface area contributed by atoms with Gasteiger partial charge in [-0.15, -0.1) is 0 Å². The first-order chi connectivity index (χ1) is 4.74. The van der Waals surface area contributed by atoms with Crippen LogP contribution in [0.3, 0.4) is 0 Å². The van der Waals surface area contributed by atoms with E-state index in [9.17, 15) is 14.4 Å². The molecule has 0 heterocycles.